The quantitative estimate of drug-likeness (QED) is 0.662. The first-order valence-electron chi connectivity index (χ1n) is 8.08. The van der Waals surface area contributed by atoms with Crippen LogP contribution in [0.15, 0.2) is 41.2 Å². The van der Waals surface area contributed by atoms with Gasteiger partial charge in [0.05, 0.1) is 17.8 Å². The van der Waals surface area contributed by atoms with E-state index in [1.54, 1.807) is 30.3 Å². The summed E-state index contributed by atoms with van der Waals surface area (Å²) in [6, 6.07) is 9.53. The summed E-state index contributed by atoms with van der Waals surface area (Å²) in [5, 5.41) is 0. The summed E-state index contributed by atoms with van der Waals surface area (Å²) in [6.45, 7) is 1.85. The maximum absolute atomic E-state index is 13.8. The third-order valence-corrected chi connectivity index (χ3v) is 4.03. The van der Waals surface area contributed by atoms with E-state index in [4.69, 9.17) is 6.42 Å². The summed E-state index contributed by atoms with van der Waals surface area (Å²) in [5.41, 5.74) is -1.06. The number of pyridine rings is 1. The second-order valence-corrected chi connectivity index (χ2v) is 5.82. The van der Waals surface area contributed by atoms with Gasteiger partial charge < -0.3 is 0 Å². The van der Waals surface area contributed by atoms with Crippen molar-refractivity contribution < 1.29 is 13.2 Å². The molecule has 0 aliphatic heterocycles. The highest BCUT2D eigenvalue weighted by Gasteiger charge is 2.36. The van der Waals surface area contributed by atoms with Gasteiger partial charge in [0.25, 0.3) is 0 Å². The van der Waals surface area contributed by atoms with E-state index in [0.29, 0.717) is 12.0 Å². The number of fused-ring (bicyclic) bond motifs is 1. The standard InChI is InChI=1S/C19H16F3N3O/c1-3-10-24-16-14(19(20,21)22)12-15(13-8-6-5-7-9-13)23-17(16)25(11-4-2)18(24)26/h1,5-9,12H,4,10-11H2,2H3. The maximum atomic E-state index is 13.8. The fourth-order valence-electron chi connectivity index (χ4n) is 2.95. The highest BCUT2D eigenvalue weighted by atomic mass is 19.4. The van der Waals surface area contributed by atoms with Gasteiger partial charge in [0, 0.05) is 12.1 Å². The van der Waals surface area contributed by atoms with Gasteiger partial charge in [-0.1, -0.05) is 43.2 Å². The normalized spacial score (nSPS) is 11.7. The first-order chi connectivity index (χ1) is 12.4. The molecule has 0 N–H and O–H groups in total. The Morgan fingerprint density at radius 2 is 1.88 bits per heavy atom. The molecular weight excluding hydrogens is 343 g/mol. The minimum absolute atomic E-state index is 0.000720. The molecule has 0 spiro atoms. The average molecular weight is 359 g/mol. The summed E-state index contributed by atoms with van der Waals surface area (Å²) in [6.07, 6.45) is 1.19. The van der Waals surface area contributed by atoms with Gasteiger partial charge in [0.2, 0.25) is 0 Å². The zero-order chi connectivity index (χ0) is 18.9. The number of aromatic nitrogens is 3. The number of aryl methyl sites for hydroxylation is 1. The number of benzene rings is 1. The second kappa shape index (κ2) is 6.71. The fraction of sp³-hybridized carbons (Fsp3) is 0.263. The van der Waals surface area contributed by atoms with Crippen molar-refractivity contribution in [2.24, 2.45) is 0 Å². The van der Waals surface area contributed by atoms with E-state index in [1.165, 1.54) is 4.57 Å². The molecule has 3 aromatic rings. The van der Waals surface area contributed by atoms with Gasteiger partial charge in [-0.2, -0.15) is 13.2 Å². The Morgan fingerprint density at radius 3 is 2.46 bits per heavy atom. The van der Waals surface area contributed by atoms with Gasteiger partial charge in [-0.25, -0.2) is 9.78 Å². The molecule has 0 aliphatic carbocycles. The number of terminal acetylenes is 1. The molecule has 2 aromatic heterocycles. The van der Waals surface area contributed by atoms with E-state index in [0.717, 1.165) is 10.6 Å². The Kier molecular flexibility index (Phi) is 4.60. The smallest absolute Gasteiger partial charge is 0.278 e. The predicted molar refractivity (Wildman–Crippen MR) is 93.6 cm³/mol. The summed E-state index contributed by atoms with van der Waals surface area (Å²) in [4.78, 5) is 17.0. The van der Waals surface area contributed by atoms with Gasteiger partial charge in [-0.15, -0.1) is 6.42 Å². The second-order valence-electron chi connectivity index (χ2n) is 5.82. The molecule has 134 valence electrons. The largest absolute Gasteiger partial charge is 0.418 e. The minimum atomic E-state index is -4.65. The zero-order valence-electron chi connectivity index (χ0n) is 14.0. The minimum Gasteiger partial charge on any atom is -0.278 e. The SMILES string of the molecule is C#CCn1c(=O)n(CCC)c2nc(-c3ccccc3)cc(C(F)(F)F)c21. The van der Waals surface area contributed by atoms with Crippen LogP contribution in [-0.4, -0.2) is 14.1 Å². The molecule has 1 aromatic carbocycles. The molecule has 4 nitrogen and oxygen atoms in total. The number of halogens is 3. The highest BCUT2D eigenvalue weighted by Crippen LogP contribution is 2.36. The predicted octanol–water partition coefficient (Wildman–Crippen LogP) is 3.93. The number of nitrogens with zero attached hydrogens (tertiary/aromatic N) is 3. The Morgan fingerprint density at radius 1 is 1.19 bits per heavy atom. The summed E-state index contributed by atoms with van der Waals surface area (Å²) >= 11 is 0. The molecule has 0 saturated carbocycles. The first-order valence-corrected chi connectivity index (χ1v) is 8.08. The highest BCUT2D eigenvalue weighted by molar-refractivity contribution is 5.81. The molecule has 0 bridgehead atoms. The van der Waals surface area contributed by atoms with Crippen molar-refractivity contribution >= 4 is 11.2 Å². The van der Waals surface area contributed by atoms with Crippen LogP contribution in [0.2, 0.25) is 0 Å². The lowest BCUT2D eigenvalue weighted by molar-refractivity contribution is -0.136. The molecule has 0 saturated heterocycles. The maximum Gasteiger partial charge on any atom is 0.418 e. The van der Waals surface area contributed by atoms with E-state index in [9.17, 15) is 18.0 Å². The molecule has 0 amide bonds. The zero-order valence-corrected chi connectivity index (χ0v) is 14.0. The van der Waals surface area contributed by atoms with Crippen LogP contribution in [0.1, 0.15) is 18.9 Å². The van der Waals surface area contributed by atoms with Crippen molar-refractivity contribution in [1.29, 1.82) is 0 Å². The molecule has 0 atom stereocenters. The van der Waals surface area contributed by atoms with Gasteiger partial charge in [-0.3, -0.25) is 9.13 Å². The van der Waals surface area contributed by atoms with E-state index in [1.807, 2.05) is 6.92 Å². The molecular formula is C19H16F3N3O. The molecule has 0 radical (unpaired) electrons. The fourth-order valence-corrected chi connectivity index (χ4v) is 2.95. The third kappa shape index (κ3) is 2.99. The van der Waals surface area contributed by atoms with E-state index >= 15 is 0 Å². The lowest BCUT2D eigenvalue weighted by atomic mass is 10.1. The van der Waals surface area contributed by atoms with Crippen molar-refractivity contribution in [1.82, 2.24) is 14.1 Å². The first kappa shape index (κ1) is 17.8. The molecule has 2 heterocycles. The molecule has 26 heavy (non-hydrogen) atoms. The van der Waals surface area contributed by atoms with Gasteiger partial charge in [0.1, 0.15) is 5.52 Å². The number of rotatable bonds is 4. The molecule has 7 heteroatoms. The molecule has 0 unspecified atom stereocenters. The Balaban J connectivity index is 2.45. The summed E-state index contributed by atoms with van der Waals surface area (Å²) < 4.78 is 43.5. The Hall–Kier alpha value is -3.01. The van der Waals surface area contributed by atoms with Crippen LogP contribution in [0.3, 0.4) is 0 Å². The van der Waals surface area contributed by atoms with Crippen LogP contribution < -0.4 is 5.69 Å². The van der Waals surface area contributed by atoms with Crippen molar-refractivity contribution in [3.63, 3.8) is 0 Å². The van der Waals surface area contributed by atoms with Crippen LogP contribution in [0, 0.1) is 12.3 Å². The van der Waals surface area contributed by atoms with Crippen molar-refractivity contribution in [2.75, 3.05) is 0 Å². The lowest BCUT2D eigenvalue weighted by Gasteiger charge is -2.12. The van der Waals surface area contributed by atoms with Crippen molar-refractivity contribution in [3.8, 4) is 23.6 Å². The van der Waals surface area contributed by atoms with Crippen LogP contribution in [0.5, 0.6) is 0 Å². The Labute approximate surface area is 147 Å². The summed E-state index contributed by atoms with van der Waals surface area (Å²) in [7, 11) is 0. The van der Waals surface area contributed by atoms with Gasteiger partial charge >= 0.3 is 11.9 Å². The van der Waals surface area contributed by atoms with Crippen molar-refractivity contribution in [2.45, 2.75) is 32.6 Å². The molecule has 0 aliphatic rings. The van der Waals surface area contributed by atoms with E-state index in [-0.39, 0.29) is 29.9 Å². The average Bonchev–Trinajstić information content (AvgIpc) is 2.87. The van der Waals surface area contributed by atoms with E-state index in [2.05, 4.69) is 10.9 Å². The van der Waals surface area contributed by atoms with Crippen LogP contribution in [0.4, 0.5) is 13.2 Å². The monoisotopic (exact) mass is 359 g/mol. The van der Waals surface area contributed by atoms with Gasteiger partial charge in [-0.05, 0) is 12.5 Å². The number of alkyl halides is 3. The lowest BCUT2D eigenvalue weighted by Crippen LogP contribution is -2.24. The number of hydrogen-bond donors (Lipinski definition) is 0. The topological polar surface area (TPSA) is 39.8 Å². The third-order valence-electron chi connectivity index (χ3n) is 4.03. The van der Waals surface area contributed by atoms with Crippen molar-refractivity contribution in [3.05, 3.63) is 52.4 Å². The van der Waals surface area contributed by atoms with Crippen LogP contribution in [-0.2, 0) is 19.3 Å². The number of imidazole rings is 1. The summed E-state index contributed by atoms with van der Waals surface area (Å²) in [5.74, 6) is 2.25. The molecule has 3 rings (SSSR count). The van der Waals surface area contributed by atoms with Gasteiger partial charge in [0.15, 0.2) is 5.65 Å². The molecule has 0 fully saturated rings. The van der Waals surface area contributed by atoms with E-state index < -0.39 is 17.4 Å². The van der Waals surface area contributed by atoms with Crippen LogP contribution >= 0.6 is 0 Å². The van der Waals surface area contributed by atoms with Crippen LogP contribution in [0.25, 0.3) is 22.4 Å². The number of hydrogen-bond acceptors (Lipinski definition) is 2. The Bertz CT molecular complexity index is 1040.